The molecule has 0 fully saturated rings. The highest BCUT2D eigenvalue weighted by Gasteiger charge is 2.15. The standard InChI is InChI=1S/C18H12F2N2OS/c19-12-8-9-16(15(20)11-12)22-17(23)14-7-4-10-21-18(14)24-13-5-2-1-3-6-13/h1-11H,(H,22,23). The second-order valence-corrected chi connectivity index (χ2v) is 5.91. The normalized spacial score (nSPS) is 10.4. The fourth-order valence-corrected chi connectivity index (χ4v) is 2.93. The summed E-state index contributed by atoms with van der Waals surface area (Å²) in [6.07, 6.45) is 1.58. The molecule has 0 unspecified atom stereocenters. The molecule has 2 aromatic carbocycles. The number of pyridine rings is 1. The maximum absolute atomic E-state index is 13.7. The van der Waals surface area contributed by atoms with Crippen LogP contribution in [-0.2, 0) is 0 Å². The number of carbonyl (C=O) groups excluding carboxylic acids is 1. The Bertz CT molecular complexity index is 872. The number of benzene rings is 2. The van der Waals surface area contributed by atoms with E-state index in [2.05, 4.69) is 10.3 Å². The van der Waals surface area contributed by atoms with Crippen LogP contribution in [-0.4, -0.2) is 10.9 Å². The Labute approximate surface area is 141 Å². The first-order valence-corrected chi connectivity index (χ1v) is 7.89. The van der Waals surface area contributed by atoms with Crippen LogP contribution in [0.2, 0.25) is 0 Å². The third-order valence-corrected chi connectivity index (χ3v) is 4.18. The molecule has 0 atom stereocenters. The molecule has 0 saturated heterocycles. The van der Waals surface area contributed by atoms with Crippen LogP contribution in [0.1, 0.15) is 10.4 Å². The van der Waals surface area contributed by atoms with Gasteiger partial charge in [0.1, 0.15) is 16.7 Å². The van der Waals surface area contributed by atoms with Gasteiger partial charge in [-0.2, -0.15) is 0 Å². The lowest BCUT2D eigenvalue weighted by Crippen LogP contribution is -2.14. The smallest absolute Gasteiger partial charge is 0.258 e. The SMILES string of the molecule is O=C(Nc1ccc(F)cc1F)c1cccnc1Sc1ccccc1. The van der Waals surface area contributed by atoms with Crippen molar-refractivity contribution in [3.63, 3.8) is 0 Å². The molecule has 3 nitrogen and oxygen atoms in total. The first kappa shape index (κ1) is 16.1. The number of carbonyl (C=O) groups is 1. The summed E-state index contributed by atoms with van der Waals surface area (Å²) in [5.41, 5.74) is 0.232. The summed E-state index contributed by atoms with van der Waals surface area (Å²) >= 11 is 1.33. The van der Waals surface area contributed by atoms with E-state index in [1.54, 1.807) is 18.3 Å². The van der Waals surface area contributed by atoms with Crippen LogP contribution in [0, 0.1) is 11.6 Å². The maximum Gasteiger partial charge on any atom is 0.258 e. The topological polar surface area (TPSA) is 42.0 Å². The van der Waals surface area contributed by atoms with Crippen molar-refractivity contribution < 1.29 is 13.6 Å². The monoisotopic (exact) mass is 342 g/mol. The molecule has 0 aliphatic rings. The van der Waals surface area contributed by atoms with Crippen molar-refractivity contribution in [3.8, 4) is 0 Å². The van der Waals surface area contributed by atoms with Gasteiger partial charge in [-0.1, -0.05) is 30.0 Å². The van der Waals surface area contributed by atoms with E-state index < -0.39 is 17.5 Å². The minimum Gasteiger partial charge on any atom is -0.319 e. The van der Waals surface area contributed by atoms with Crippen LogP contribution >= 0.6 is 11.8 Å². The number of hydrogen-bond donors (Lipinski definition) is 1. The molecule has 0 aliphatic carbocycles. The van der Waals surface area contributed by atoms with Crippen LogP contribution in [0.3, 0.4) is 0 Å². The number of anilines is 1. The van der Waals surface area contributed by atoms with Crippen molar-refractivity contribution in [2.75, 3.05) is 5.32 Å². The molecule has 6 heteroatoms. The van der Waals surface area contributed by atoms with Gasteiger partial charge in [0.05, 0.1) is 11.3 Å². The Hall–Kier alpha value is -2.73. The molecule has 1 aromatic heterocycles. The van der Waals surface area contributed by atoms with Crippen LogP contribution in [0.15, 0.2) is 76.8 Å². The van der Waals surface area contributed by atoms with Gasteiger partial charge in [-0.05, 0) is 36.4 Å². The van der Waals surface area contributed by atoms with Crippen molar-refractivity contribution in [2.45, 2.75) is 9.92 Å². The summed E-state index contributed by atoms with van der Waals surface area (Å²) in [5.74, 6) is -2.04. The maximum atomic E-state index is 13.7. The lowest BCUT2D eigenvalue weighted by molar-refractivity contribution is 0.102. The predicted octanol–water partition coefficient (Wildman–Crippen LogP) is 4.76. The van der Waals surface area contributed by atoms with Gasteiger partial charge >= 0.3 is 0 Å². The second kappa shape index (κ2) is 7.23. The Morgan fingerprint density at radius 2 is 1.79 bits per heavy atom. The summed E-state index contributed by atoms with van der Waals surface area (Å²) in [6, 6.07) is 15.7. The van der Waals surface area contributed by atoms with E-state index >= 15 is 0 Å². The third-order valence-electron chi connectivity index (χ3n) is 3.15. The number of hydrogen-bond acceptors (Lipinski definition) is 3. The first-order chi connectivity index (χ1) is 11.6. The summed E-state index contributed by atoms with van der Waals surface area (Å²) in [7, 11) is 0. The zero-order chi connectivity index (χ0) is 16.9. The van der Waals surface area contributed by atoms with Gasteiger partial charge in [-0.3, -0.25) is 4.79 Å². The van der Waals surface area contributed by atoms with Crippen LogP contribution in [0.5, 0.6) is 0 Å². The van der Waals surface area contributed by atoms with Crippen molar-refractivity contribution in [1.82, 2.24) is 4.98 Å². The van der Waals surface area contributed by atoms with Crippen molar-refractivity contribution in [3.05, 3.63) is 84.1 Å². The fraction of sp³-hybridized carbons (Fsp3) is 0. The van der Waals surface area contributed by atoms with Gasteiger partial charge in [0.25, 0.3) is 5.91 Å². The molecule has 120 valence electrons. The van der Waals surface area contributed by atoms with Crippen molar-refractivity contribution in [1.29, 1.82) is 0 Å². The Morgan fingerprint density at radius 3 is 2.54 bits per heavy atom. The van der Waals surface area contributed by atoms with Gasteiger partial charge in [-0.15, -0.1) is 0 Å². The van der Waals surface area contributed by atoms with Gasteiger partial charge in [-0.25, -0.2) is 13.8 Å². The number of aromatic nitrogens is 1. The number of nitrogens with zero attached hydrogens (tertiary/aromatic N) is 1. The molecule has 24 heavy (non-hydrogen) atoms. The van der Waals surface area contributed by atoms with Gasteiger partial charge in [0.2, 0.25) is 0 Å². The van der Waals surface area contributed by atoms with E-state index in [1.807, 2.05) is 30.3 Å². The largest absolute Gasteiger partial charge is 0.319 e. The number of nitrogens with one attached hydrogen (secondary N) is 1. The van der Waals surface area contributed by atoms with Crippen molar-refractivity contribution >= 4 is 23.4 Å². The number of rotatable bonds is 4. The lowest BCUT2D eigenvalue weighted by atomic mass is 10.2. The number of halogens is 2. The zero-order valence-corrected chi connectivity index (χ0v) is 13.2. The average Bonchev–Trinajstić information content (AvgIpc) is 2.59. The molecule has 0 saturated carbocycles. The molecule has 3 rings (SSSR count). The fourth-order valence-electron chi connectivity index (χ4n) is 2.03. The highest BCUT2D eigenvalue weighted by molar-refractivity contribution is 7.99. The van der Waals surface area contributed by atoms with Crippen LogP contribution in [0.25, 0.3) is 0 Å². The molecule has 3 aromatic rings. The van der Waals surface area contributed by atoms with Gasteiger partial charge in [0.15, 0.2) is 0 Å². The molecule has 0 aliphatic heterocycles. The quantitative estimate of drug-likeness (QED) is 0.743. The Balaban J connectivity index is 1.85. The van der Waals surface area contributed by atoms with Crippen LogP contribution < -0.4 is 5.32 Å². The highest BCUT2D eigenvalue weighted by atomic mass is 32.2. The molecular weight excluding hydrogens is 330 g/mol. The second-order valence-electron chi connectivity index (χ2n) is 4.85. The van der Waals surface area contributed by atoms with E-state index in [0.717, 1.165) is 17.0 Å². The molecule has 1 N–H and O–H groups in total. The van der Waals surface area contributed by atoms with Crippen molar-refractivity contribution in [2.24, 2.45) is 0 Å². The zero-order valence-electron chi connectivity index (χ0n) is 12.4. The minimum absolute atomic E-state index is 0.0825. The van der Waals surface area contributed by atoms with Gasteiger partial charge in [0, 0.05) is 17.2 Å². The summed E-state index contributed by atoms with van der Waals surface area (Å²) in [6.45, 7) is 0. The minimum atomic E-state index is -0.829. The average molecular weight is 342 g/mol. The van der Waals surface area contributed by atoms with Gasteiger partial charge < -0.3 is 5.32 Å². The Kier molecular flexibility index (Phi) is 4.86. The number of amides is 1. The van der Waals surface area contributed by atoms with E-state index in [-0.39, 0.29) is 5.69 Å². The third kappa shape index (κ3) is 3.78. The Morgan fingerprint density at radius 1 is 1.00 bits per heavy atom. The van der Waals surface area contributed by atoms with E-state index in [0.29, 0.717) is 10.6 Å². The summed E-state index contributed by atoms with van der Waals surface area (Å²) in [4.78, 5) is 17.6. The molecule has 1 amide bonds. The molecule has 0 bridgehead atoms. The van der Waals surface area contributed by atoms with E-state index in [1.165, 1.54) is 17.8 Å². The molecule has 0 radical (unpaired) electrons. The van der Waals surface area contributed by atoms with E-state index in [4.69, 9.17) is 0 Å². The van der Waals surface area contributed by atoms with Crippen LogP contribution in [0.4, 0.5) is 14.5 Å². The molecular formula is C18H12F2N2OS. The summed E-state index contributed by atoms with van der Waals surface area (Å²) in [5, 5.41) is 2.95. The first-order valence-electron chi connectivity index (χ1n) is 7.08. The molecule has 1 heterocycles. The van der Waals surface area contributed by atoms with E-state index in [9.17, 15) is 13.6 Å². The highest BCUT2D eigenvalue weighted by Crippen LogP contribution is 2.29. The molecule has 0 spiro atoms. The predicted molar refractivity (Wildman–Crippen MR) is 89.1 cm³/mol. The summed E-state index contributed by atoms with van der Waals surface area (Å²) < 4.78 is 26.6. The lowest BCUT2D eigenvalue weighted by Gasteiger charge is -2.09.